The van der Waals surface area contributed by atoms with Gasteiger partial charge in [0.2, 0.25) is 0 Å². The number of sulfone groups is 1. The first-order valence-corrected chi connectivity index (χ1v) is 12.2. The Morgan fingerprint density at radius 2 is 1.68 bits per heavy atom. The van der Waals surface area contributed by atoms with Crippen LogP contribution in [0.3, 0.4) is 0 Å². The van der Waals surface area contributed by atoms with Crippen molar-refractivity contribution in [2.45, 2.75) is 18.1 Å². The molecule has 0 bridgehead atoms. The molecule has 1 amide bonds. The molecule has 3 aromatic rings. The standard InChI is InChI=1S/C23H25ClN2O4S/c1-26(15-18-5-3-2-4-6-18)14-13-25-23(27)22-12-11-21(30-22)17-31(28,29)16-19-7-9-20(24)10-8-19/h2-12H,13-17H2,1H3,(H,25,27)/p+1. The number of carbonyl (C=O) groups excluding carboxylic acids is 1. The van der Waals surface area contributed by atoms with Crippen molar-refractivity contribution in [3.8, 4) is 0 Å². The van der Waals surface area contributed by atoms with Crippen LogP contribution in [0, 0.1) is 0 Å². The number of likely N-dealkylation sites (N-methyl/N-ethyl adjacent to an activating group) is 1. The van der Waals surface area contributed by atoms with E-state index in [4.69, 9.17) is 16.0 Å². The molecule has 1 aromatic heterocycles. The van der Waals surface area contributed by atoms with E-state index in [2.05, 4.69) is 24.5 Å². The summed E-state index contributed by atoms with van der Waals surface area (Å²) in [5.41, 5.74) is 1.89. The zero-order valence-corrected chi connectivity index (χ0v) is 18.9. The van der Waals surface area contributed by atoms with Crippen molar-refractivity contribution in [1.82, 2.24) is 5.32 Å². The van der Waals surface area contributed by atoms with E-state index in [1.165, 1.54) is 22.6 Å². The molecule has 164 valence electrons. The molecule has 0 saturated heterocycles. The van der Waals surface area contributed by atoms with Gasteiger partial charge in [-0.15, -0.1) is 0 Å². The lowest BCUT2D eigenvalue weighted by Crippen LogP contribution is -3.08. The van der Waals surface area contributed by atoms with Gasteiger partial charge in [0.1, 0.15) is 18.1 Å². The summed E-state index contributed by atoms with van der Waals surface area (Å²) in [7, 11) is -1.38. The Labute approximate surface area is 187 Å². The van der Waals surface area contributed by atoms with Gasteiger partial charge in [-0.1, -0.05) is 54.1 Å². The summed E-state index contributed by atoms with van der Waals surface area (Å²) in [5, 5.41) is 3.37. The lowest BCUT2D eigenvalue weighted by Gasteiger charge is -2.14. The highest BCUT2D eigenvalue weighted by Gasteiger charge is 2.18. The van der Waals surface area contributed by atoms with Crippen LogP contribution in [-0.2, 0) is 27.9 Å². The van der Waals surface area contributed by atoms with E-state index in [1.807, 2.05) is 18.2 Å². The third-order valence-corrected chi connectivity index (χ3v) is 6.48. The van der Waals surface area contributed by atoms with Gasteiger partial charge < -0.3 is 14.6 Å². The van der Waals surface area contributed by atoms with Gasteiger partial charge in [0.05, 0.1) is 25.9 Å². The molecule has 6 nitrogen and oxygen atoms in total. The molecule has 1 atom stereocenters. The van der Waals surface area contributed by atoms with Crippen molar-refractivity contribution in [1.29, 1.82) is 0 Å². The van der Waals surface area contributed by atoms with E-state index >= 15 is 0 Å². The molecule has 0 aliphatic rings. The maximum atomic E-state index is 12.4. The second kappa shape index (κ2) is 10.6. The Kier molecular flexibility index (Phi) is 7.90. The number of quaternary nitrogens is 1. The maximum Gasteiger partial charge on any atom is 0.287 e. The zero-order chi connectivity index (χ0) is 22.3. The van der Waals surface area contributed by atoms with Crippen molar-refractivity contribution in [2.75, 3.05) is 20.1 Å². The fourth-order valence-corrected chi connectivity index (χ4v) is 4.71. The third kappa shape index (κ3) is 7.54. The molecule has 0 aliphatic heterocycles. The molecule has 31 heavy (non-hydrogen) atoms. The molecule has 0 fully saturated rings. The van der Waals surface area contributed by atoms with E-state index in [0.717, 1.165) is 13.1 Å². The van der Waals surface area contributed by atoms with Crippen molar-refractivity contribution in [3.63, 3.8) is 0 Å². The van der Waals surface area contributed by atoms with Crippen molar-refractivity contribution < 1.29 is 22.5 Å². The van der Waals surface area contributed by atoms with Gasteiger partial charge >= 0.3 is 0 Å². The van der Waals surface area contributed by atoms with Crippen LogP contribution in [0.4, 0.5) is 0 Å². The number of carbonyl (C=O) groups is 1. The molecule has 0 spiro atoms. The van der Waals surface area contributed by atoms with Crippen LogP contribution in [0.15, 0.2) is 71.1 Å². The molecule has 1 heterocycles. The molecular formula is C23H26ClN2O4S+. The molecule has 0 radical (unpaired) electrons. The largest absolute Gasteiger partial charge is 0.455 e. The minimum atomic E-state index is -3.44. The smallest absolute Gasteiger partial charge is 0.287 e. The highest BCUT2D eigenvalue weighted by molar-refractivity contribution is 7.89. The van der Waals surface area contributed by atoms with Gasteiger partial charge in [0.25, 0.3) is 5.91 Å². The van der Waals surface area contributed by atoms with E-state index in [0.29, 0.717) is 17.1 Å². The maximum absolute atomic E-state index is 12.4. The predicted molar refractivity (Wildman–Crippen MR) is 121 cm³/mol. The predicted octanol–water partition coefficient (Wildman–Crippen LogP) is 2.49. The quantitative estimate of drug-likeness (QED) is 0.486. The molecule has 3 rings (SSSR count). The first-order valence-electron chi connectivity index (χ1n) is 9.98. The number of hydrogen-bond acceptors (Lipinski definition) is 4. The van der Waals surface area contributed by atoms with E-state index < -0.39 is 9.84 Å². The Morgan fingerprint density at radius 1 is 0.968 bits per heavy atom. The monoisotopic (exact) mass is 461 g/mol. The number of nitrogens with one attached hydrogen (secondary N) is 2. The molecule has 0 saturated carbocycles. The summed E-state index contributed by atoms with van der Waals surface area (Å²) in [6, 6.07) is 19.9. The van der Waals surface area contributed by atoms with Crippen molar-refractivity contribution in [2.24, 2.45) is 0 Å². The molecule has 1 unspecified atom stereocenters. The number of hydrogen-bond donors (Lipinski definition) is 2. The lowest BCUT2D eigenvalue weighted by atomic mass is 10.2. The van der Waals surface area contributed by atoms with Crippen molar-refractivity contribution in [3.05, 3.63) is 94.4 Å². The summed E-state index contributed by atoms with van der Waals surface area (Å²) in [6.07, 6.45) is 0. The summed E-state index contributed by atoms with van der Waals surface area (Å²) in [4.78, 5) is 13.6. The van der Waals surface area contributed by atoms with Gasteiger partial charge in [-0.05, 0) is 29.8 Å². The van der Waals surface area contributed by atoms with Crippen LogP contribution >= 0.6 is 11.6 Å². The summed E-state index contributed by atoms with van der Waals surface area (Å²) >= 11 is 5.83. The van der Waals surface area contributed by atoms with Crippen LogP contribution in [0.1, 0.15) is 27.4 Å². The average molecular weight is 462 g/mol. The number of rotatable bonds is 10. The minimum Gasteiger partial charge on any atom is -0.455 e. The Hall–Kier alpha value is -2.61. The molecule has 2 aromatic carbocycles. The Morgan fingerprint density at radius 3 is 2.39 bits per heavy atom. The van der Waals surface area contributed by atoms with Gasteiger partial charge in [0.15, 0.2) is 15.6 Å². The van der Waals surface area contributed by atoms with Crippen LogP contribution in [0.2, 0.25) is 5.02 Å². The molecule has 2 N–H and O–H groups in total. The van der Waals surface area contributed by atoms with Gasteiger partial charge in [-0.2, -0.15) is 0 Å². The van der Waals surface area contributed by atoms with E-state index in [-0.39, 0.29) is 28.9 Å². The lowest BCUT2D eigenvalue weighted by molar-refractivity contribution is -0.892. The Bertz CT molecular complexity index is 1100. The van der Waals surface area contributed by atoms with Gasteiger partial charge in [0, 0.05) is 10.6 Å². The molecule has 0 aliphatic carbocycles. The minimum absolute atomic E-state index is 0.109. The second-order valence-corrected chi connectivity index (χ2v) is 10.1. The van der Waals surface area contributed by atoms with Crippen molar-refractivity contribution >= 4 is 27.3 Å². The third-order valence-electron chi connectivity index (χ3n) is 4.73. The molecular weight excluding hydrogens is 436 g/mol. The van der Waals surface area contributed by atoms with Crippen LogP contribution in [-0.4, -0.2) is 34.5 Å². The van der Waals surface area contributed by atoms with E-state index in [9.17, 15) is 13.2 Å². The highest BCUT2D eigenvalue weighted by Crippen LogP contribution is 2.17. The zero-order valence-electron chi connectivity index (χ0n) is 17.3. The summed E-state index contributed by atoms with van der Waals surface area (Å²) in [6.45, 7) is 2.11. The SMILES string of the molecule is C[NH+](CCNC(=O)c1ccc(CS(=O)(=O)Cc2ccc(Cl)cc2)o1)Cc1ccccc1. The number of amides is 1. The first-order chi connectivity index (χ1) is 14.8. The summed E-state index contributed by atoms with van der Waals surface area (Å²) in [5.74, 6) is -0.396. The number of furan rings is 1. The topological polar surface area (TPSA) is 80.8 Å². The number of benzene rings is 2. The van der Waals surface area contributed by atoms with Crippen LogP contribution < -0.4 is 10.2 Å². The fraction of sp³-hybridized carbons (Fsp3) is 0.261. The first kappa shape index (κ1) is 23.1. The average Bonchev–Trinajstić information content (AvgIpc) is 3.18. The summed E-state index contributed by atoms with van der Waals surface area (Å²) < 4.78 is 30.3. The fourth-order valence-electron chi connectivity index (χ4n) is 3.19. The van der Waals surface area contributed by atoms with Crippen LogP contribution in [0.25, 0.3) is 0 Å². The number of halogens is 1. The van der Waals surface area contributed by atoms with E-state index in [1.54, 1.807) is 24.3 Å². The highest BCUT2D eigenvalue weighted by atomic mass is 35.5. The van der Waals surface area contributed by atoms with Gasteiger partial charge in [-0.25, -0.2) is 8.42 Å². The normalized spacial score (nSPS) is 12.5. The van der Waals surface area contributed by atoms with Gasteiger partial charge in [-0.3, -0.25) is 4.79 Å². The molecule has 8 heteroatoms. The second-order valence-electron chi connectivity index (χ2n) is 7.55. The van der Waals surface area contributed by atoms with Crippen LogP contribution in [0.5, 0.6) is 0 Å². The Balaban J connectivity index is 1.47.